The highest BCUT2D eigenvalue weighted by Crippen LogP contribution is 2.32. The molecule has 8 heteroatoms. The lowest BCUT2D eigenvalue weighted by atomic mass is 10.1. The van der Waals surface area contributed by atoms with Crippen LogP contribution in [0.2, 0.25) is 10.0 Å². The second kappa shape index (κ2) is 7.29. The Morgan fingerprint density at radius 1 is 1.20 bits per heavy atom. The van der Waals surface area contributed by atoms with Crippen molar-refractivity contribution < 1.29 is 14.3 Å². The molecule has 1 heterocycles. The van der Waals surface area contributed by atoms with Crippen molar-refractivity contribution in [3.8, 4) is 5.75 Å². The van der Waals surface area contributed by atoms with Crippen LogP contribution in [0.15, 0.2) is 30.5 Å². The van der Waals surface area contributed by atoms with Crippen molar-refractivity contribution in [2.45, 2.75) is 12.8 Å². The van der Waals surface area contributed by atoms with Gasteiger partial charge in [-0.3, -0.25) is 9.59 Å². The minimum Gasteiger partial charge on any atom is -0.496 e. The molecule has 25 heavy (non-hydrogen) atoms. The average molecular weight is 380 g/mol. The number of hydrogen-bond acceptors (Lipinski definition) is 4. The number of nitrogens with one attached hydrogen (secondary N) is 2. The summed E-state index contributed by atoms with van der Waals surface area (Å²) in [6.45, 7) is 0. The lowest BCUT2D eigenvalue weighted by molar-refractivity contribution is -0.117. The minimum atomic E-state index is -0.454. The molecule has 6 nitrogen and oxygen atoms in total. The number of ether oxygens (including phenoxy) is 1. The second-order valence-electron chi connectivity index (χ2n) is 5.61. The van der Waals surface area contributed by atoms with Crippen molar-refractivity contribution in [3.05, 3.63) is 46.1 Å². The number of anilines is 2. The van der Waals surface area contributed by atoms with Gasteiger partial charge in [-0.1, -0.05) is 23.2 Å². The van der Waals surface area contributed by atoms with E-state index < -0.39 is 5.91 Å². The van der Waals surface area contributed by atoms with Crippen LogP contribution in [0.25, 0.3) is 0 Å². The highest BCUT2D eigenvalue weighted by atomic mass is 35.5. The molecule has 0 atom stereocenters. The molecule has 0 aliphatic heterocycles. The first-order chi connectivity index (χ1) is 12.0. The molecule has 1 aromatic heterocycles. The summed E-state index contributed by atoms with van der Waals surface area (Å²) in [6.07, 6.45) is 3.30. The topological polar surface area (TPSA) is 80.3 Å². The molecule has 0 saturated heterocycles. The van der Waals surface area contributed by atoms with Gasteiger partial charge in [-0.05, 0) is 31.0 Å². The zero-order valence-electron chi connectivity index (χ0n) is 13.3. The summed E-state index contributed by atoms with van der Waals surface area (Å²) >= 11 is 12.0. The van der Waals surface area contributed by atoms with Crippen LogP contribution in [0.3, 0.4) is 0 Å². The Bertz CT molecular complexity index is 838. The quantitative estimate of drug-likeness (QED) is 0.822. The second-order valence-corrected chi connectivity index (χ2v) is 6.46. The van der Waals surface area contributed by atoms with Crippen LogP contribution in [-0.4, -0.2) is 23.9 Å². The summed E-state index contributed by atoms with van der Waals surface area (Å²) in [4.78, 5) is 28.4. The highest BCUT2D eigenvalue weighted by molar-refractivity contribution is 6.37. The Hall–Kier alpha value is -2.31. The summed E-state index contributed by atoms with van der Waals surface area (Å²) in [6, 6.07) is 6.17. The van der Waals surface area contributed by atoms with Crippen LogP contribution >= 0.6 is 23.2 Å². The molecule has 0 spiro atoms. The minimum absolute atomic E-state index is 0.0570. The van der Waals surface area contributed by atoms with Gasteiger partial charge in [-0.15, -0.1) is 0 Å². The zero-order chi connectivity index (χ0) is 18.0. The fourth-order valence-corrected chi connectivity index (χ4v) is 2.84. The van der Waals surface area contributed by atoms with Crippen LogP contribution < -0.4 is 15.4 Å². The molecule has 0 radical (unpaired) electrons. The Morgan fingerprint density at radius 2 is 1.96 bits per heavy atom. The number of pyridine rings is 1. The number of hydrogen-bond donors (Lipinski definition) is 2. The third-order valence-corrected chi connectivity index (χ3v) is 4.20. The van der Waals surface area contributed by atoms with Gasteiger partial charge in [0.1, 0.15) is 17.1 Å². The molecule has 3 rings (SSSR count). The third kappa shape index (κ3) is 4.21. The Balaban J connectivity index is 1.78. The fraction of sp³-hybridized carbons (Fsp3) is 0.235. The predicted octanol–water partition coefficient (Wildman–Crippen LogP) is 4.00. The van der Waals surface area contributed by atoms with Crippen LogP contribution in [0, 0.1) is 5.92 Å². The predicted molar refractivity (Wildman–Crippen MR) is 96.6 cm³/mol. The van der Waals surface area contributed by atoms with Crippen LogP contribution in [0.1, 0.15) is 23.2 Å². The van der Waals surface area contributed by atoms with E-state index in [0.717, 1.165) is 12.8 Å². The third-order valence-electron chi connectivity index (χ3n) is 3.68. The van der Waals surface area contributed by atoms with Gasteiger partial charge in [-0.2, -0.15) is 0 Å². The molecule has 0 unspecified atom stereocenters. The fourth-order valence-electron chi connectivity index (χ4n) is 2.28. The monoisotopic (exact) mass is 379 g/mol. The molecule has 130 valence electrons. The van der Waals surface area contributed by atoms with E-state index in [9.17, 15) is 9.59 Å². The van der Waals surface area contributed by atoms with Crippen molar-refractivity contribution in [2.24, 2.45) is 5.92 Å². The summed E-state index contributed by atoms with van der Waals surface area (Å²) in [7, 11) is 1.43. The normalized spacial score (nSPS) is 13.2. The standard InChI is InChI=1S/C17H15Cl2N3O3/c1-25-13-7-10(18)6-12(19)15(13)17(24)21-11-4-5-20-14(8-11)22-16(23)9-2-3-9/h4-9H,2-3H2,1H3,(H2,20,21,22,23,24). The Labute approximate surface area is 154 Å². The van der Waals surface area contributed by atoms with E-state index in [1.807, 2.05) is 0 Å². The Kier molecular flexibility index (Phi) is 5.11. The molecular formula is C17H15Cl2N3O3. The molecule has 2 N–H and O–H groups in total. The Morgan fingerprint density at radius 3 is 2.64 bits per heavy atom. The number of methoxy groups -OCH3 is 1. The van der Waals surface area contributed by atoms with Gasteiger partial charge >= 0.3 is 0 Å². The number of benzene rings is 1. The smallest absolute Gasteiger partial charge is 0.260 e. The van der Waals surface area contributed by atoms with Crippen molar-refractivity contribution in [1.29, 1.82) is 0 Å². The lowest BCUT2D eigenvalue weighted by Gasteiger charge is -2.12. The number of amides is 2. The molecule has 2 aromatic rings. The van der Waals surface area contributed by atoms with Gasteiger partial charge in [0.15, 0.2) is 0 Å². The van der Waals surface area contributed by atoms with Crippen LogP contribution in [-0.2, 0) is 4.79 Å². The van der Waals surface area contributed by atoms with E-state index in [1.165, 1.54) is 25.4 Å². The number of carbonyl (C=O) groups excluding carboxylic acids is 2. The molecule has 1 aromatic carbocycles. The van der Waals surface area contributed by atoms with E-state index in [4.69, 9.17) is 27.9 Å². The van der Waals surface area contributed by atoms with Crippen LogP contribution in [0.5, 0.6) is 5.75 Å². The van der Waals surface area contributed by atoms with Crippen molar-refractivity contribution >= 4 is 46.5 Å². The molecule has 1 aliphatic carbocycles. The first kappa shape index (κ1) is 17.5. The molecule has 1 aliphatic rings. The molecule has 2 amide bonds. The maximum absolute atomic E-state index is 12.6. The molecule has 0 bridgehead atoms. The molecule has 1 fully saturated rings. The lowest BCUT2D eigenvalue weighted by Crippen LogP contribution is -2.16. The number of rotatable bonds is 5. The van der Waals surface area contributed by atoms with Crippen molar-refractivity contribution in [3.63, 3.8) is 0 Å². The number of aromatic nitrogens is 1. The summed E-state index contributed by atoms with van der Waals surface area (Å²) in [5, 5.41) is 5.99. The van der Waals surface area contributed by atoms with E-state index in [0.29, 0.717) is 16.5 Å². The van der Waals surface area contributed by atoms with E-state index >= 15 is 0 Å². The zero-order valence-corrected chi connectivity index (χ0v) is 14.8. The van der Waals surface area contributed by atoms with Gasteiger partial charge in [0.25, 0.3) is 5.91 Å². The van der Waals surface area contributed by atoms with E-state index in [-0.39, 0.29) is 28.2 Å². The van der Waals surface area contributed by atoms with Gasteiger partial charge in [0, 0.05) is 28.9 Å². The summed E-state index contributed by atoms with van der Waals surface area (Å²) in [5.74, 6) is 0.204. The summed E-state index contributed by atoms with van der Waals surface area (Å²) in [5.41, 5.74) is 0.646. The van der Waals surface area contributed by atoms with Crippen molar-refractivity contribution in [2.75, 3.05) is 17.7 Å². The SMILES string of the molecule is COc1cc(Cl)cc(Cl)c1C(=O)Nc1ccnc(NC(=O)C2CC2)c1. The largest absolute Gasteiger partial charge is 0.496 e. The van der Waals surface area contributed by atoms with E-state index in [2.05, 4.69) is 15.6 Å². The van der Waals surface area contributed by atoms with E-state index in [1.54, 1.807) is 12.1 Å². The average Bonchev–Trinajstić information content (AvgIpc) is 3.39. The van der Waals surface area contributed by atoms with Gasteiger partial charge < -0.3 is 15.4 Å². The number of carbonyl (C=O) groups is 2. The highest BCUT2D eigenvalue weighted by Gasteiger charge is 2.29. The number of halogens is 2. The van der Waals surface area contributed by atoms with Gasteiger partial charge in [0.2, 0.25) is 5.91 Å². The summed E-state index contributed by atoms with van der Waals surface area (Å²) < 4.78 is 5.18. The first-order valence-electron chi connectivity index (χ1n) is 7.59. The molecular weight excluding hydrogens is 365 g/mol. The van der Waals surface area contributed by atoms with Crippen molar-refractivity contribution in [1.82, 2.24) is 4.98 Å². The maximum Gasteiger partial charge on any atom is 0.260 e. The van der Waals surface area contributed by atoms with Gasteiger partial charge in [0.05, 0.1) is 12.1 Å². The van der Waals surface area contributed by atoms with Gasteiger partial charge in [-0.25, -0.2) is 4.98 Å². The number of nitrogens with zero attached hydrogens (tertiary/aromatic N) is 1. The van der Waals surface area contributed by atoms with Crippen LogP contribution in [0.4, 0.5) is 11.5 Å². The maximum atomic E-state index is 12.6. The first-order valence-corrected chi connectivity index (χ1v) is 8.35. The molecule has 1 saturated carbocycles.